The van der Waals surface area contributed by atoms with Crippen molar-refractivity contribution in [3.8, 4) is 0 Å². The molecule has 0 saturated heterocycles. The molecule has 5 nitrogen and oxygen atoms in total. The minimum atomic E-state index is -4.01. The predicted octanol–water partition coefficient (Wildman–Crippen LogP) is 3.79. The van der Waals surface area contributed by atoms with Crippen molar-refractivity contribution in [1.82, 2.24) is 9.62 Å². The number of hydrogen-bond donors (Lipinski definition) is 1. The van der Waals surface area contributed by atoms with Gasteiger partial charge in [-0.1, -0.05) is 60.7 Å². The molecule has 0 saturated carbocycles. The van der Waals surface area contributed by atoms with Gasteiger partial charge in [0.15, 0.2) is 0 Å². The highest BCUT2D eigenvalue weighted by atomic mass is 32.2. The van der Waals surface area contributed by atoms with E-state index in [0.717, 1.165) is 27.6 Å². The van der Waals surface area contributed by atoms with Crippen LogP contribution < -0.4 is 5.32 Å². The van der Waals surface area contributed by atoms with E-state index >= 15 is 0 Å². The summed E-state index contributed by atoms with van der Waals surface area (Å²) >= 11 is 0. The second kappa shape index (κ2) is 9.19. The fourth-order valence-corrected chi connectivity index (χ4v) is 4.05. The van der Waals surface area contributed by atoms with Gasteiger partial charge in [-0.2, -0.15) is 0 Å². The summed E-state index contributed by atoms with van der Waals surface area (Å²) in [7, 11) is -1.39. The molecule has 1 atom stereocenters. The number of halogens is 1. The molecule has 0 radical (unpaired) electrons. The van der Waals surface area contributed by atoms with Gasteiger partial charge >= 0.3 is 0 Å². The standard InChI is InChI=1S/C23H23FN2O3S/c1-26(2)30(28,29)22-16-19(13-14-20(22)24)23(27)25-21(18-11-7-4-8-12-18)15-17-9-5-3-6-10-17/h3-14,16,21H,15H2,1-2H3,(H,25,27). The molecule has 0 heterocycles. The van der Waals surface area contributed by atoms with Gasteiger partial charge in [0.05, 0.1) is 6.04 Å². The summed E-state index contributed by atoms with van der Waals surface area (Å²) in [6.45, 7) is 0. The first-order chi connectivity index (χ1) is 14.3. The molecule has 3 aromatic carbocycles. The Balaban J connectivity index is 1.91. The summed E-state index contributed by atoms with van der Waals surface area (Å²) in [5, 5.41) is 2.96. The lowest BCUT2D eigenvalue weighted by atomic mass is 9.98. The van der Waals surface area contributed by atoms with Crippen molar-refractivity contribution in [3.05, 3.63) is 101 Å². The molecule has 0 aliphatic carbocycles. The smallest absolute Gasteiger partial charge is 0.251 e. The number of hydrogen-bond acceptors (Lipinski definition) is 3. The number of nitrogens with zero attached hydrogens (tertiary/aromatic N) is 1. The minimum Gasteiger partial charge on any atom is -0.345 e. The van der Waals surface area contributed by atoms with Gasteiger partial charge in [-0.05, 0) is 35.7 Å². The molecule has 3 rings (SSSR count). The van der Waals surface area contributed by atoms with Crippen molar-refractivity contribution >= 4 is 15.9 Å². The van der Waals surface area contributed by atoms with Gasteiger partial charge in [-0.3, -0.25) is 4.79 Å². The third-order valence-corrected chi connectivity index (χ3v) is 6.57. The van der Waals surface area contributed by atoms with Gasteiger partial charge < -0.3 is 5.32 Å². The Bertz CT molecular complexity index is 1120. The van der Waals surface area contributed by atoms with Crippen LogP contribution in [0.15, 0.2) is 83.8 Å². The summed E-state index contributed by atoms with van der Waals surface area (Å²) < 4.78 is 39.8. The highest BCUT2D eigenvalue weighted by molar-refractivity contribution is 7.89. The molecular weight excluding hydrogens is 403 g/mol. The van der Waals surface area contributed by atoms with E-state index in [2.05, 4.69) is 5.32 Å². The Kier molecular flexibility index (Phi) is 6.64. The van der Waals surface area contributed by atoms with Crippen LogP contribution in [0.2, 0.25) is 0 Å². The molecular formula is C23H23FN2O3S. The van der Waals surface area contributed by atoms with Crippen molar-refractivity contribution in [2.45, 2.75) is 17.4 Å². The van der Waals surface area contributed by atoms with E-state index in [1.165, 1.54) is 20.2 Å². The van der Waals surface area contributed by atoms with Crippen LogP contribution in [0.4, 0.5) is 4.39 Å². The first-order valence-electron chi connectivity index (χ1n) is 9.41. The first kappa shape index (κ1) is 21.7. The lowest BCUT2D eigenvalue weighted by Gasteiger charge is -2.20. The maximum Gasteiger partial charge on any atom is 0.251 e. The number of rotatable bonds is 7. The van der Waals surface area contributed by atoms with Crippen molar-refractivity contribution in [1.29, 1.82) is 0 Å². The largest absolute Gasteiger partial charge is 0.345 e. The second-order valence-electron chi connectivity index (χ2n) is 7.06. The number of sulfonamides is 1. The van der Waals surface area contributed by atoms with Gasteiger partial charge in [0.1, 0.15) is 10.7 Å². The van der Waals surface area contributed by atoms with E-state index in [-0.39, 0.29) is 11.6 Å². The number of amides is 1. The number of nitrogens with one attached hydrogen (secondary N) is 1. The van der Waals surface area contributed by atoms with Crippen LogP contribution in [-0.2, 0) is 16.4 Å². The Labute approximate surface area is 176 Å². The number of carbonyl (C=O) groups is 1. The zero-order valence-electron chi connectivity index (χ0n) is 16.7. The van der Waals surface area contributed by atoms with E-state index < -0.39 is 26.6 Å². The Hall–Kier alpha value is -3.03. The Morgan fingerprint density at radius 2 is 1.57 bits per heavy atom. The topological polar surface area (TPSA) is 66.5 Å². The highest BCUT2D eigenvalue weighted by Crippen LogP contribution is 2.22. The molecule has 0 aliphatic rings. The fraction of sp³-hybridized carbons (Fsp3) is 0.174. The average molecular weight is 427 g/mol. The summed E-state index contributed by atoms with van der Waals surface area (Å²) in [5.41, 5.74) is 2.03. The van der Waals surface area contributed by atoms with Crippen molar-refractivity contribution < 1.29 is 17.6 Å². The van der Waals surface area contributed by atoms with E-state index in [9.17, 15) is 17.6 Å². The lowest BCUT2D eigenvalue weighted by molar-refractivity contribution is 0.0936. The monoisotopic (exact) mass is 426 g/mol. The molecule has 0 spiro atoms. The average Bonchev–Trinajstić information content (AvgIpc) is 2.74. The van der Waals surface area contributed by atoms with Crippen LogP contribution in [0.25, 0.3) is 0 Å². The van der Waals surface area contributed by atoms with Gasteiger partial charge in [0, 0.05) is 19.7 Å². The summed E-state index contributed by atoms with van der Waals surface area (Å²) in [4.78, 5) is 12.4. The van der Waals surface area contributed by atoms with Crippen LogP contribution in [0.5, 0.6) is 0 Å². The third-order valence-electron chi connectivity index (χ3n) is 4.74. The van der Waals surface area contributed by atoms with Crippen LogP contribution >= 0.6 is 0 Å². The van der Waals surface area contributed by atoms with Crippen LogP contribution in [0, 0.1) is 5.82 Å². The molecule has 1 amide bonds. The van der Waals surface area contributed by atoms with Crippen LogP contribution in [-0.4, -0.2) is 32.7 Å². The number of benzene rings is 3. The molecule has 30 heavy (non-hydrogen) atoms. The maximum atomic E-state index is 14.2. The quantitative estimate of drug-likeness (QED) is 0.625. The lowest BCUT2D eigenvalue weighted by Crippen LogP contribution is -2.30. The minimum absolute atomic E-state index is 0.0748. The zero-order valence-corrected chi connectivity index (χ0v) is 17.6. The van der Waals surface area contributed by atoms with E-state index in [4.69, 9.17) is 0 Å². The van der Waals surface area contributed by atoms with Gasteiger partial charge in [0.2, 0.25) is 10.0 Å². The van der Waals surface area contributed by atoms with E-state index in [1.54, 1.807) is 0 Å². The maximum absolute atomic E-state index is 14.2. The molecule has 0 bridgehead atoms. The van der Waals surface area contributed by atoms with Gasteiger partial charge in [0.25, 0.3) is 5.91 Å². The molecule has 0 aliphatic heterocycles. The van der Waals surface area contributed by atoms with Crippen molar-refractivity contribution in [2.75, 3.05) is 14.1 Å². The molecule has 0 fully saturated rings. The summed E-state index contributed by atoms with van der Waals surface area (Å²) in [6, 6.07) is 22.3. The first-order valence-corrected chi connectivity index (χ1v) is 10.8. The molecule has 1 N–H and O–H groups in total. The molecule has 3 aromatic rings. The molecule has 156 valence electrons. The predicted molar refractivity (Wildman–Crippen MR) is 114 cm³/mol. The summed E-state index contributed by atoms with van der Waals surface area (Å²) in [5.74, 6) is -1.38. The number of carbonyl (C=O) groups excluding carboxylic acids is 1. The second-order valence-corrected chi connectivity index (χ2v) is 9.18. The fourth-order valence-electron chi connectivity index (χ4n) is 3.07. The van der Waals surface area contributed by atoms with E-state index in [0.29, 0.717) is 6.42 Å². The summed E-state index contributed by atoms with van der Waals surface area (Å²) in [6.07, 6.45) is 0.556. The Morgan fingerprint density at radius 3 is 2.17 bits per heavy atom. The normalized spacial score (nSPS) is 12.5. The zero-order chi connectivity index (χ0) is 21.7. The molecule has 0 aromatic heterocycles. The van der Waals surface area contributed by atoms with Crippen LogP contribution in [0.1, 0.15) is 27.5 Å². The van der Waals surface area contributed by atoms with E-state index in [1.807, 2.05) is 60.7 Å². The van der Waals surface area contributed by atoms with Crippen molar-refractivity contribution in [3.63, 3.8) is 0 Å². The van der Waals surface area contributed by atoms with Gasteiger partial charge in [-0.25, -0.2) is 17.1 Å². The van der Waals surface area contributed by atoms with Gasteiger partial charge in [-0.15, -0.1) is 0 Å². The molecule has 1 unspecified atom stereocenters. The van der Waals surface area contributed by atoms with Crippen LogP contribution in [0.3, 0.4) is 0 Å². The third kappa shape index (κ3) is 4.93. The highest BCUT2D eigenvalue weighted by Gasteiger charge is 2.24. The molecule has 7 heteroatoms. The Morgan fingerprint density at radius 1 is 0.967 bits per heavy atom. The SMILES string of the molecule is CN(C)S(=O)(=O)c1cc(C(=O)NC(Cc2ccccc2)c2ccccc2)ccc1F. The van der Waals surface area contributed by atoms with Crippen molar-refractivity contribution in [2.24, 2.45) is 0 Å².